The normalized spacial score (nSPS) is 31.6. The number of hydrogen-bond donors (Lipinski definition) is 0. The molecular weight excluding hydrogens is 200 g/mol. The zero-order valence-electron chi connectivity index (χ0n) is 10.9. The van der Waals surface area contributed by atoms with Crippen molar-refractivity contribution in [3.8, 4) is 0 Å². The SMILES string of the molecule is CC(C)C1CN2C(=O)CCC2CN1C(C)C. The number of carbonyl (C=O) groups is 1. The molecule has 0 aromatic rings. The van der Waals surface area contributed by atoms with Crippen molar-refractivity contribution >= 4 is 5.91 Å². The second-order valence-corrected chi connectivity index (χ2v) is 5.84. The van der Waals surface area contributed by atoms with Gasteiger partial charge in [-0.1, -0.05) is 13.8 Å². The van der Waals surface area contributed by atoms with Crippen LogP contribution >= 0.6 is 0 Å². The summed E-state index contributed by atoms with van der Waals surface area (Å²) in [5.74, 6) is 0.996. The summed E-state index contributed by atoms with van der Waals surface area (Å²) in [6.07, 6.45) is 1.83. The van der Waals surface area contributed by atoms with Crippen molar-refractivity contribution in [3.63, 3.8) is 0 Å². The molecule has 2 heterocycles. The lowest BCUT2D eigenvalue weighted by Gasteiger charge is -2.47. The molecule has 0 saturated carbocycles. The zero-order chi connectivity index (χ0) is 11.9. The van der Waals surface area contributed by atoms with Crippen LogP contribution in [0.4, 0.5) is 0 Å². The van der Waals surface area contributed by atoms with Crippen LogP contribution in [0.25, 0.3) is 0 Å². The fourth-order valence-corrected chi connectivity index (χ4v) is 3.11. The monoisotopic (exact) mass is 224 g/mol. The van der Waals surface area contributed by atoms with Crippen molar-refractivity contribution in [2.24, 2.45) is 5.92 Å². The van der Waals surface area contributed by atoms with E-state index >= 15 is 0 Å². The fraction of sp³-hybridized carbons (Fsp3) is 0.923. The molecule has 0 spiro atoms. The Hall–Kier alpha value is -0.570. The van der Waals surface area contributed by atoms with Gasteiger partial charge in [0.15, 0.2) is 0 Å². The molecule has 0 aliphatic carbocycles. The maximum Gasteiger partial charge on any atom is 0.222 e. The third-order valence-electron chi connectivity index (χ3n) is 4.12. The maximum absolute atomic E-state index is 11.8. The molecule has 2 unspecified atom stereocenters. The van der Waals surface area contributed by atoms with Gasteiger partial charge in [-0.2, -0.15) is 0 Å². The van der Waals surface area contributed by atoms with Crippen molar-refractivity contribution in [2.45, 2.75) is 58.7 Å². The van der Waals surface area contributed by atoms with E-state index in [0.717, 1.165) is 25.9 Å². The highest BCUT2D eigenvalue weighted by molar-refractivity contribution is 5.79. The quantitative estimate of drug-likeness (QED) is 0.713. The predicted molar refractivity (Wildman–Crippen MR) is 65.2 cm³/mol. The van der Waals surface area contributed by atoms with E-state index in [1.165, 1.54) is 0 Å². The lowest BCUT2D eigenvalue weighted by molar-refractivity contribution is -0.133. The molecule has 0 aromatic carbocycles. The van der Waals surface area contributed by atoms with Gasteiger partial charge in [0.1, 0.15) is 0 Å². The Kier molecular flexibility index (Phi) is 3.24. The van der Waals surface area contributed by atoms with Crippen molar-refractivity contribution in [2.75, 3.05) is 13.1 Å². The number of rotatable bonds is 2. The van der Waals surface area contributed by atoms with Gasteiger partial charge >= 0.3 is 0 Å². The van der Waals surface area contributed by atoms with Crippen molar-refractivity contribution in [3.05, 3.63) is 0 Å². The Balaban J connectivity index is 2.14. The van der Waals surface area contributed by atoms with E-state index in [1.807, 2.05) is 0 Å². The van der Waals surface area contributed by atoms with Crippen molar-refractivity contribution < 1.29 is 4.79 Å². The smallest absolute Gasteiger partial charge is 0.222 e. The highest BCUT2D eigenvalue weighted by Gasteiger charge is 2.41. The number of nitrogens with zero attached hydrogens (tertiary/aromatic N) is 2. The van der Waals surface area contributed by atoms with E-state index in [-0.39, 0.29) is 0 Å². The van der Waals surface area contributed by atoms with Crippen LogP contribution in [0.3, 0.4) is 0 Å². The Morgan fingerprint density at radius 3 is 2.44 bits per heavy atom. The average molecular weight is 224 g/mol. The van der Waals surface area contributed by atoms with Crippen molar-refractivity contribution in [1.82, 2.24) is 9.80 Å². The van der Waals surface area contributed by atoms with Gasteiger partial charge in [-0.3, -0.25) is 9.69 Å². The second-order valence-electron chi connectivity index (χ2n) is 5.84. The summed E-state index contributed by atoms with van der Waals surface area (Å²) in [5.41, 5.74) is 0. The molecule has 0 aromatic heterocycles. The van der Waals surface area contributed by atoms with E-state index in [1.54, 1.807) is 0 Å². The topological polar surface area (TPSA) is 23.6 Å². The summed E-state index contributed by atoms with van der Waals surface area (Å²) in [5, 5.41) is 0. The van der Waals surface area contributed by atoms with Crippen LogP contribution in [-0.4, -0.2) is 46.9 Å². The van der Waals surface area contributed by atoms with Gasteiger partial charge in [0.2, 0.25) is 5.91 Å². The fourth-order valence-electron chi connectivity index (χ4n) is 3.11. The molecule has 2 fully saturated rings. The first-order chi connectivity index (χ1) is 7.50. The van der Waals surface area contributed by atoms with Gasteiger partial charge in [0.25, 0.3) is 0 Å². The summed E-state index contributed by atoms with van der Waals surface area (Å²) in [7, 11) is 0. The summed E-state index contributed by atoms with van der Waals surface area (Å²) in [6.45, 7) is 11.1. The Labute approximate surface area is 98.8 Å². The Morgan fingerprint density at radius 2 is 1.88 bits per heavy atom. The summed E-state index contributed by atoms with van der Waals surface area (Å²) in [4.78, 5) is 16.5. The average Bonchev–Trinajstić information content (AvgIpc) is 2.58. The lowest BCUT2D eigenvalue weighted by atomic mass is 9.96. The molecular formula is C13H24N2O. The minimum Gasteiger partial charge on any atom is -0.337 e. The molecule has 92 valence electrons. The highest BCUT2D eigenvalue weighted by atomic mass is 16.2. The molecule has 1 amide bonds. The van der Waals surface area contributed by atoms with E-state index in [2.05, 4.69) is 37.5 Å². The molecule has 16 heavy (non-hydrogen) atoms. The lowest BCUT2D eigenvalue weighted by Crippen LogP contribution is -2.60. The van der Waals surface area contributed by atoms with Gasteiger partial charge in [0.05, 0.1) is 0 Å². The van der Waals surface area contributed by atoms with Crippen LogP contribution < -0.4 is 0 Å². The molecule has 0 bridgehead atoms. The minimum absolute atomic E-state index is 0.374. The highest BCUT2D eigenvalue weighted by Crippen LogP contribution is 2.29. The van der Waals surface area contributed by atoms with Crippen LogP contribution in [0.1, 0.15) is 40.5 Å². The number of hydrogen-bond acceptors (Lipinski definition) is 2. The summed E-state index contributed by atoms with van der Waals surface area (Å²) < 4.78 is 0. The second kappa shape index (κ2) is 4.36. The standard InChI is InChI=1S/C13H24N2O/c1-9(2)12-8-15-11(5-6-13(15)16)7-14(12)10(3)4/h9-12H,5-8H2,1-4H3. The zero-order valence-corrected chi connectivity index (χ0v) is 10.9. The van der Waals surface area contributed by atoms with Crippen LogP contribution in [0.5, 0.6) is 0 Å². The number of fused-ring (bicyclic) bond motifs is 1. The molecule has 2 rings (SSSR count). The van der Waals surface area contributed by atoms with E-state index < -0.39 is 0 Å². The van der Waals surface area contributed by atoms with Crippen LogP contribution in [0, 0.1) is 5.92 Å². The molecule has 0 radical (unpaired) electrons. The van der Waals surface area contributed by atoms with E-state index in [9.17, 15) is 4.79 Å². The Morgan fingerprint density at radius 1 is 1.19 bits per heavy atom. The molecule has 0 N–H and O–H groups in total. The first-order valence-corrected chi connectivity index (χ1v) is 6.56. The van der Waals surface area contributed by atoms with Gasteiger partial charge in [-0.15, -0.1) is 0 Å². The van der Waals surface area contributed by atoms with Crippen LogP contribution in [0.2, 0.25) is 0 Å². The van der Waals surface area contributed by atoms with Crippen LogP contribution in [-0.2, 0) is 4.79 Å². The number of piperazine rings is 1. The predicted octanol–water partition coefficient (Wildman–Crippen LogP) is 1.73. The molecule has 2 aliphatic rings. The summed E-state index contributed by atoms with van der Waals surface area (Å²) in [6, 6.07) is 1.62. The maximum atomic E-state index is 11.8. The molecule has 2 aliphatic heterocycles. The number of carbonyl (C=O) groups excluding carboxylic acids is 1. The van der Waals surface area contributed by atoms with Gasteiger partial charge in [0, 0.05) is 37.6 Å². The third-order valence-corrected chi connectivity index (χ3v) is 4.12. The van der Waals surface area contributed by atoms with Gasteiger partial charge in [-0.25, -0.2) is 0 Å². The van der Waals surface area contributed by atoms with E-state index in [4.69, 9.17) is 0 Å². The third kappa shape index (κ3) is 1.97. The largest absolute Gasteiger partial charge is 0.337 e. The molecule has 3 nitrogen and oxygen atoms in total. The molecule has 2 atom stereocenters. The first-order valence-electron chi connectivity index (χ1n) is 6.56. The summed E-state index contributed by atoms with van der Waals surface area (Å²) >= 11 is 0. The van der Waals surface area contributed by atoms with Gasteiger partial charge < -0.3 is 4.90 Å². The van der Waals surface area contributed by atoms with Gasteiger partial charge in [-0.05, 0) is 26.2 Å². The first kappa shape index (κ1) is 11.9. The van der Waals surface area contributed by atoms with Crippen molar-refractivity contribution in [1.29, 1.82) is 0 Å². The molecule has 2 saturated heterocycles. The number of amides is 1. The van der Waals surface area contributed by atoms with E-state index in [0.29, 0.717) is 30.0 Å². The van der Waals surface area contributed by atoms with Crippen LogP contribution in [0.15, 0.2) is 0 Å². The Bertz CT molecular complexity index is 275. The molecule has 3 heteroatoms. The minimum atomic E-state index is 0.374.